The van der Waals surface area contributed by atoms with Crippen LogP contribution < -0.4 is 0 Å². The van der Waals surface area contributed by atoms with Crippen molar-refractivity contribution >= 4 is 11.6 Å². The second-order valence-electron chi connectivity index (χ2n) is 2.29. The molecule has 0 saturated heterocycles. The molecule has 0 fully saturated rings. The molecule has 5 nitrogen and oxygen atoms in total. The van der Waals surface area contributed by atoms with E-state index in [1.165, 1.54) is 23.1 Å². The summed E-state index contributed by atoms with van der Waals surface area (Å²) in [5.74, 6) is -0.965. The van der Waals surface area contributed by atoms with Crippen LogP contribution in [0.15, 0.2) is 24.7 Å². The van der Waals surface area contributed by atoms with Crippen LogP contribution in [0.2, 0.25) is 0 Å². The third-order valence-electron chi connectivity index (χ3n) is 1.52. The molecule has 0 aliphatic carbocycles. The zero-order valence-corrected chi connectivity index (χ0v) is 8.01. The van der Waals surface area contributed by atoms with Gasteiger partial charge < -0.3 is 5.11 Å². The molecule has 0 unspecified atom stereocenters. The summed E-state index contributed by atoms with van der Waals surface area (Å²) in [5, 5.41) is 12.4. The highest BCUT2D eigenvalue weighted by Crippen LogP contribution is 2.01. The Morgan fingerprint density at radius 3 is 2.79 bits per heavy atom. The standard InChI is InChI=1S/C7H5N3O2.C2H6/c11-7(12)5-1-2-6-8-4-9-10(6)3-5;1-2/h1-4H,(H,11,12);1-2H3. The van der Waals surface area contributed by atoms with Gasteiger partial charge in [-0.15, -0.1) is 0 Å². The van der Waals surface area contributed by atoms with Crippen molar-refractivity contribution in [2.75, 3.05) is 0 Å². The van der Waals surface area contributed by atoms with Crippen LogP contribution in [0.1, 0.15) is 24.2 Å². The van der Waals surface area contributed by atoms with E-state index >= 15 is 0 Å². The molecule has 0 spiro atoms. The number of aromatic nitrogens is 3. The van der Waals surface area contributed by atoms with E-state index in [9.17, 15) is 4.79 Å². The number of hydrogen-bond acceptors (Lipinski definition) is 3. The minimum atomic E-state index is -0.965. The molecule has 0 radical (unpaired) electrons. The Hall–Kier alpha value is -1.91. The molecule has 2 aromatic rings. The molecule has 1 N–H and O–H groups in total. The average Bonchev–Trinajstić information content (AvgIpc) is 2.67. The molecule has 0 bridgehead atoms. The van der Waals surface area contributed by atoms with Gasteiger partial charge in [0.2, 0.25) is 0 Å². The molecular formula is C9H11N3O2. The normalized spacial score (nSPS) is 9.29. The molecule has 14 heavy (non-hydrogen) atoms. The van der Waals surface area contributed by atoms with Crippen molar-refractivity contribution in [1.82, 2.24) is 14.6 Å². The van der Waals surface area contributed by atoms with Gasteiger partial charge in [-0.2, -0.15) is 5.10 Å². The van der Waals surface area contributed by atoms with Gasteiger partial charge in [0.25, 0.3) is 0 Å². The summed E-state index contributed by atoms with van der Waals surface area (Å²) >= 11 is 0. The van der Waals surface area contributed by atoms with Gasteiger partial charge in [0.15, 0.2) is 5.65 Å². The lowest BCUT2D eigenvalue weighted by Crippen LogP contribution is -1.99. The van der Waals surface area contributed by atoms with Crippen molar-refractivity contribution < 1.29 is 9.90 Å². The van der Waals surface area contributed by atoms with Gasteiger partial charge in [-0.05, 0) is 12.1 Å². The molecule has 0 atom stereocenters. The highest BCUT2D eigenvalue weighted by atomic mass is 16.4. The number of carbonyl (C=O) groups is 1. The fourth-order valence-corrected chi connectivity index (χ4v) is 0.943. The summed E-state index contributed by atoms with van der Waals surface area (Å²) in [7, 11) is 0. The predicted molar refractivity (Wildman–Crippen MR) is 51.3 cm³/mol. The maximum atomic E-state index is 10.5. The first-order chi connectivity index (χ1) is 6.77. The summed E-state index contributed by atoms with van der Waals surface area (Å²) < 4.78 is 1.42. The number of aromatic carboxylic acids is 1. The molecule has 0 amide bonds. The number of carboxylic acids is 1. The number of hydrogen-bond donors (Lipinski definition) is 1. The molecule has 0 aliphatic rings. The minimum absolute atomic E-state index is 0.202. The van der Waals surface area contributed by atoms with Crippen LogP contribution in [-0.4, -0.2) is 25.7 Å². The lowest BCUT2D eigenvalue weighted by atomic mass is 10.3. The maximum absolute atomic E-state index is 10.5. The lowest BCUT2D eigenvalue weighted by Gasteiger charge is -1.93. The maximum Gasteiger partial charge on any atom is 0.337 e. The molecule has 0 saturated carbocycles. The van der Waals surface area contributed by atoms with Gasteiger partial charge >= 0.3 is 5.97 Å². The number of carboxylic acid groups (broad SMARTS) is 1. The van der Waals surface area contributed by atoms with E-state index in [-0.39, 0.29) is 5.56 Å². The minimum Gasteiger partial charge on any atom is -0.478 e. The molecule has 5 heteroatoms. The monoisotopic (exact) mass is 193 g/mol. The highest BCUT2D eigenvalue weighted by Gasteiger charge is 2.03. The second kappa shape index (κ2) is 4.36. The Morgan fingerprint density at radius 2 is 2.14 bits per heavy atom. The molecule has 74 valence electrons. The zero-order valence-electron chi connectivity index (χ0n) is 8.01. The summed E-state index contributed by atoms with van der Waals surface area (Å²) in [6, 6.07) is 3.10. The van der Waals surface area contributed by atoms with E-state index < -0.39 is 5.97 Å². The van der Waals surface area contributed by atoms with E-state index in [1.807, 2.05) is 13.8 Å². The fourth-order valence-electron chi connectivity index (χ4n) is 0.943. The van der Waals surface area contributed by atoms with Crippen molar-refractivity contribution in [3.8, 4) is 0 Å². The second-order valence-corrected chi connectivity index (χ2v) is 2.29. The van der Waals surface area contributed by atoms with E-state index in [0.29, 0.717) is 5.65 Å². The van der Waals surface area contributed by atoms with E-state index in [4.69, 9.17) is 5.11 Å². The van der Waals surface area contributed by atoms with Crippen LogP contribution in [0.4, 0.5) is 0 Å². The Kier molecular flexibility index (Phi) is 3.17. The van der Waals surface area contributed by atoms with Gasteiger partial charge in [0, 0.05) is 6.20 Å². The largest absolute Gasteiger partial charge is 0.478 e. The Morgan fingerprint density at radius 1 is 1.43 bits per heavy atom. The van der Waals surface area contributed by atoms with Gasteiger partial charge in [-0.3, -0.25) is 0 Å². The lowest BCUT2D eigenvalue weighted by molar-refractivity contribution is 0.0696. The van der Waals surface area contributed by atoms with Crippen molar-refractivity contribution in [3.63, 3.8) is 0 Å². The first-order valence-electron chi connectivity index (χ1n) is 4.30. The third-order valence-corrected chi connectivity index (χ3v) is 1.52. The van der Waals surface area contributed by atoms with Crippen LogP contribution in [0, 0.1) is 0 Å². The van der Waals surface area contributed by atoms with Crippen LogP contribution in [0.25, 0.3) is 5.65 Å². The van der Waals surface area contributed by atoms with E-state index in [0.717, 1.165) is 0 Å². The van der Waals surface area contributed by atoms with Crippen molar-refractivity contribution in [3.05, 3.63) is 30.2 Å². The average molecular weight is 193 g/mol. The quantitative estimate of drug-likeness (QED) is 0.744. The third kappa shape index (κ3) is 1.87. The van der Waals surface area contributed by atoms with Crippen molar-refractivity contribution in [2.24, 2.45) is 0 Å². The number of rotatable bonds is 1. The van der Waals surface area contributed by atoms with E-state index in [1.54, 1.807) is 6.07 Å². The topological polar surface area (TPSA) is 67.5 Å². The van der Waals surface area contributed by atoms with Gasteiger partial charge in [-0.1, -0.05) is 13.8 Å². The number of nitrogens with zero attached hydrogens (tertiary/aromatic N) is 3. The van der Waals surface area contributed by atoms with Gasteiger partial charge in [0.05, 0.1) is 5.56 Å². The Balaban J connectivity index is 0.000000461. The molecule has 2 heterocycles. The molecule has 0 aromatic carbocycles. The number of pyridine rings is 1. The molecular weight excluding hydrogens is 182 g/mol. The predicted octanol–water partition coefficient (Wildman–Crippen LogP) is 1.45. The first-order valence-corrected chi connectivity index (χ1v) is 4.30. The SMILES string of the molecule is CC.O=C(O)c1ccc2ncnn2c1. The zero-order chi connectivity index (χ0) is 10.6. The Labute approximate surface area is 81.0 Å². The van der Waals surface area contributed by atoms with Crippen LogP contribution in [0.5, 0.6) is 0 Å². The smallest absolute Gasteiger partial charge is 0.337 e. The summed E-state index contributed by atoms with van der Waals surface area (Å²) in [6.07, 6.45) is 2.80. The fraction of sp³-hybridized carbons (Fsp3) is 0.222. The van der Waals surface area contributed by atoms with Gasteiger partial charge in [-0.25, -0.2) is 14.3 Å². The summed E-state index contributed by atoms with van der Waals surface area (Å²) in [5.41, 5.74) is 0.841. The van der Waals surface area contributed by atoms with Crippen LogP contribution in [-0.2, 0) is 0 Å². The van der Waals surface area contributed by atoms with Crippen molar-refractivity contribution in [1.29, 1.82) is 0 Å². The van der Waals surface area contributed by atoms with Crippen LogP contribution >= 0.6 is 0 Å². The number of fused-ring (bicyclic) bond motifs is 1. The Bertz CT molecular complexity index is 436. The van der Waals surface area contributed by atoms with Crippen LogP contribution in [0.3, 0.4) is 0 Å². The highest BCUT2D eigenvalue weighted by molar-refractivity contribution is 5.87. The first kappa shape index (κ1) is 10.2. The molecule has 0 aliphatic heterocycles. The van der Waals surface area contributed by atoms with Crippen molar-refractivity contribution in [2.45, 2.75) is 13.8 Å². The van der Waals surface area contributed by atoms with E-state index in [2.05, 4.69) is 10.1 Å². The molecule has 2 rings (SSSR count). The summed E-state index contributed by atoms with van der Waals surface area (Å²) in [6.45, 7) is 4.00. The van der Waals surface area contributed by atoms with Gasteiger partial charge in [0.1, 0.15) is 6.33 Å². The summed E-state index contributed by atoms with van der Waals surface area (Å²) in [4.78, 5) is 14.4. The molecule has 2 aromatic heterocycles.